The highest BCUT2D eigenvalue weighted by atomic mass is 14.0. The second kappa shape index (κ2) is 4.14. The number of rotatable bonds is 1. The molecule has 0 amide bonds. The molecule has 0 aliphatic heterocycles. The van der Waals surface area contributed by atoms with Gasteiger partial charge in [0, 0.05) is 0 Å². The van der Waals surface area contributed by atoms with E-state index >= 15 is 0 Å². The number of benzene rings is 2. The van der Waals surface area contributed by atoms with Crippen LogP contribution in [-0.4, -0.2) is 0 Å². The smallest absolute Gasteiger partial charge is 0.0109 e. The van der Waals surface area contributed by atoms with E-state index in [1.807, 2.05) is 12.2 Å². The summed E-state index contributed by atoms with van der Waals surface area (Å²) < 4.78 is 0. The summed E-state index contributed by atoms with van der Waals surface area (Å²) in [5.41, 5.74) is 0. The minimum absolute atomic E-state index is 1.23. The SMILES string of the molecule is C=CC=c1ccc2ccccc2c1=CC. The summed E-state index contributed by atoms with van der Waals surface area (Å²) in [5.74, 6) is 0. The molecule has 0 atom stereocenters. The van der Waals surface area contributed by atoms with Gasteiger partial charge in [-0.1, -0.05) is 61.2 Å². The van der Waals surface area contributed by atoms with Crippen LogP contribution in [0.15, 0.2) is 49.1 Å². The van der Waals surface area contributed by atoms with Crippen LogP contribution in [0.4, 0.5) is 0 Å². The molecule has 0 bridgehead atoms. The van der Waals surface area contributed by atoms with E-state index in [4.69, 9.17) is 0 Å². The first-order valence-corrected chi connectivity index (χ1v) is 5.13. The molecule has 0 saturated carbocycles. The van der Waals surface area contributed by atoms with Crippen molar-refractivity contribution in [3.8, 4) is 0 Å². The lowest BCUT2D eigenvalue weighted by Crippen LogP contribution is -2.24. The lowest BCUT2D eigenvalue weighted by Gasteiger charge is -1.98. The molecular weight excluding hydrogens is 180 g/mol. The Morgan fingerprint density at radius 3 is 2.60 bits per heavy atom. The summed E-state index contributed by atoms with van der Waals surface area (Å²) in [6.07, 6.45) is 6.02. The Balaban J connectivity index is 3.02. The van der Waals surface area contributed by atoms with Gasteiger partial charge >= 0.3 is 0 Å². The zero-order chi connectivity index (χ0) is 10.7. The van der Waals surface area contributed by atoms with Crippen molar-refractivity contribution in [3.05, 3.63) is 59.5 Å². The van der Waals surface area contributed by atoms with E-state index in [0.29, 0.717) is 0 Å². The van der Waals surface area contributed by atoms with E-state index in [1.54, 1.807) is 0 Å². The Hall–Kier alpha value is -1.82. The molecule has 0 heterocycles. The fraction of sp³-hybridized carbons (Fsp3) is 0.0667. The van der Waals surface area contributed by atoms with Crippen LogP contribution in [0, 0.1) is 0 Å². The number of fused-ring (bicyclic) bond motifs is 1. The van der Waals surface area contributed by atoms with E-state index in [9.17, 15) is 0 Å². The van der Waals surface area contributed by atoms with Gasteiger partial charge in [-0.3, -0.25) is 0 Å². The molecule has 0 aromatic heterocycles. The molecule has 0 aliphatic rings. The molecule has 2 aromatic rings. The van der Waals surface area contributed by atoms with Gasteiger partial charge < -0.3 is 0 Å². The molecular formula is C15H14. The maximum Gasteiger partial charge on any atom is -0.0109 e. The standard InChI is InChI=1S/C15H14/c1-3-7-12-10-11-13-8-5-6-9-15(13)14(12)4-2/h3-11H,1H2,2H3. The summed E-state index contributed by atoms with van der Waals surface area (Å²) in [6, 6.07) is 12.7. The molecule has 0 unspecified atom stereocenters. The molecule has 0 nitrogen and oxygen atoms in total. The quantitative estimate of drug-likeness (QED) is 0.654. The predicted molar refractivity (Wildman–Crippen MR) is 68.0 cm³/mol. The van der Waals surface area contributed by atoms with E-state index in [0.717, 1.165) is 0 Å². The van der Waals surface area contributed by atoms with Crippen molar-refractivity contribution in [1.29, 1.82) is 0 Å². The van der Waals surface area contributed by atoms with Gasteiger partial charge in [0.25, 0.3) is 0 Å². The van der Waals surface area contributed by atoms with Crippen LogP contribution in [0.25, 0.3) is 22.9 Å². The maximum atomic E-state index is 3.74. The van der Waals surface area contributed by atoms with Crippen molar-refractivity contribution >= 4 is 22.9 Å². The van der Waals surface area contributed by atoms with Crippen LogP contribution in [0.5, 0.6) is 0 Å². The van der Waals surface area contributed by atoms with Crippen molar-refractivity contribution in [3.63, 3.8) is 0 Å². The minimum Gasteiger partial charge on any atom is -0.0990 e. The molecule has 0 saturated heterocycles. The van der Waals surface area contributed by atoms with Crippen molar-refractivity contribution < 1.29 is 0 Å². The van der Waals surface area contributed by atoms with Crippen LogP contribution >= 0.6 is 0 Å². The average molecular weight is 194 g/mol. The highest BCUT2D eigenvalue weighted by Gasteiger charge is 1.93. The highest BCUT2D eigenvalue weighted by molar-refractivity contribution is 5.83. The normalized spacial score (nSPS) is 13.4. The average Bonchev–Trinajstić information content (AvgIpc) is 2.29. The Labute approximate surface area is 89.9 Å². The van der Waals surface area contributed by atoms with E-state index < -0.39 is 0 Å². The molecule has 2 rings (SSSR count). The zero-order valence-electron chi connectivity index (χ0n) is 8.90. The van der Waals surface area contributed by atoms with Gasteiger partial charge in [-0.25, -0.2) is 0 Å². The van der Waals surface area contributed by atoms with Gasteiger partial charge in [0.15, 0.2) is 0 Å². The van der Waals surface area contributed by atoms with Gasteiger partial charge in [-0.05, 0) is 28.1 Å². The summed E-state index contributed by atoms with van der Waals surface area (Å²) in [7, 11) is 0. The summed E-state index contributed by atoms with van der Waals surface area (Å²) in [4.78, 5) is 0. The van der Waals surface area contributed by atoms with Crippen molar-refractivity contribution in [1.82, 2.24) is 0 Å². The Kier molecular flexibility index (Phi) is 2.68. The zero-order valence-corrected chi connectivity index (χ0v) is 8.90. The third-order valence-corrected chi connectivity index (χ3v) is 2.59. The first kappa shape index (κ1) is 9.72. The molecule has 2 aromatic carbocycles. The third-order valence-electron chi connectivity index (χ3n) is 2.59. The van der Waals surface area contributed by atoms with Crippen molar-refractivity contribution in [2.24, 2.45) is 0 Å². The van der Waals surface area contributed by atoms with Gasteiger partial charge in [0.2, 0.25) is 0 Å². The molecule has 0 fully saturated rings. The summed E-state index contributed by atoms with van der Waals surface area (Å²) in [5, 5.41) is 5.10. The predicted octanol–water partition coefficient (Wildman–Crippen LogP) is 2.61. The highest BCUT2D eigenvalue weighted by Crippen LogP contribution is 2.06. The number of hydrogen-bond donors (Lipinski definition) is 0. The first-order valence-electron chi connectivity index (χ1n) is 5.13. The first-order chi connectivity index (χ1) is 7.36. The fourth-order valence-electron chi connectivity index (χ4n) is 1.91. The molecule has 74 valence electrons. The molecule has 0 aliphatic carbocycles. The minimum atomic E-state index is 1.23. The lowest BCUT2D eigenvalue weighted by molar-refractivity contribution is 1.57. The van der Waals surface area contributed by atoms with Gasteiger partial charge in [0.1, 0.15) is 0 Å². The molecule has 0 spiro atoms. The van der Waals surface area contributed by atoms with Crippen molar-refractivity contribution in [2.45, 2.75) is 6.92 Å². The molecule has 0 radical (unpaired) electrons. The second-order valence-corrected chi connectivity index (χ2v) is 3.48. The van der Waals surface area contributed by atoms with Crippen LogP contribution < -0.4 is 10.4 Å². The summed E-state index contributed by atoms with van der Waals surface area (Å²) >= 11 is 0. The van der Waals surface area contributed by atoms with Gasteiger partial charge in [0.05, 0.1) is 0 Å². The Morgan fingerprint density at radius 1 is 1.07 bits per heavy atom. The van der Waals surface area contributed by atoms with Crippen molar-refractivity contribution in [2.75, 3.05) is 0 Å². The van der Waals surface area contributed by atoms with E-state index in [1.165, 1.54) is 21.2 Å². The second-order valence-electron chi connectivity index (χ2n) is 3.48. The van der Waals surface area contributed by atoms with E-state index in [-0.39, 0.29) is 0 Å². The Bertz CT molecular complexity index is 603. The number of hydrogen-bond acceptors (Lipinski definition) is 0. The number of allylic oxidation sites excluding steroid dienone is 1. The monoisotopic (exact) mass is 194 g/mol. The van der Waals surface area contributed by atoms with Crippen LogP contribution in [-0.2, 0) is 0 Å². The Morgan fingerprint density at radius 2 is 1.87 bits per heavy atom. The fourth-order valence-corrected chi connectivity index (χ4v) is 1.91. The third kappa shape index (κ3) is 1.71. The van der Waals surface area contributed by atoms with Crippen LogP contribution in [0.3, 0.4) is 0 Å². The van der Waals surface area contributed by atoms with Crippen LogP contribution in [0.1, 0.15) is 6.92 Å². The maximum absolute atomic E-state index is 3.74. The van der Waals surface area contributed by atoms with Gasteiger partial charge in [-0.2, -0.15) is 0 Å². The topological polar surface area (TPSA) is 0 Å². The molecule has 0 heteroatoms. The summed E-state index contributed by atoms with van der Waals surface area (Å²) in [6.45, 7) is 5.81. The lowest BCUT2D eigenvalue weighted by atomic mass is 10.1. The largest absolute Gasteiger partial charge is 0.0990 e. The van der Waals surface area contributed by atoms with Gasteiger partial charge in [-0.15, -0.1) is 0 Å². The van der Waals surface area contributed by atoms with E-state index in [2.05, 4.69) is 56.0 Å². The molecule has 15 heavy (non-hydrogen) atoms. The van der Waals surface area contributed by atoms with Crippen LogP contribution in [0.2, 0.25) is 0 Å². The molecule has 0 N–H and O–H groups in total.